The van der Waals surface area contributed by atoms with Crippen molar-refractivity contribution in [2.45, 2.75) is 44.2 Å². The van der Waals surface area contributed by atoms with Crippen LogP contribution in [0.15, 0.2) is 5.11 Å². The Balaban J connectivity index is 2.02. The first-order valence-corrected chi connectivity index (χ1v) is 5.26. The van der Waals surface area contributed by atoms with Crippen molar-refractivity contribution in [3.05, 3.63) is 10.4 Å². The predicted molar refractivity (Wildman–Crippen MR) is 53.8 cm³/mol. The van der Waals surface area contributed by atoms with Gasteiger partial charge in [0.05, 0.1) is 6.10 Å². The number of ether oxygens (including phenoxy) is 1. The van der Waals surface area contributed by atoms with E-state index in [1.54, 1.807) is 7.11 Å². The van der Waals surface area contributed by atoms with E-state index in [4.69, 9.17) is 10.3 Å². The van der Waals surface area contributed by atoms with Gasteiger partial charge in [-0.15, -0.1) is 0 Å². The summed E-state index contributed by atoms with van der Waals surface area (Å²) in [7, 11) is 1.79. The molecule has 0 aromatic rings. The van der Waals surface area contributed by atoms with Gasteiger partial charge >= 0.3 is 0 Å². The lowest BCUT2D eigenvalue weighted by atomic mass is 9.97. The standard InChI is InChI=1S/C10H17N3O/c1-10(12-13-11)5-7-3-9(14-2)4-8(7)6-10/h7-9H,3-6H2,1-2H3/t7-,8+,9?,10?. The highest BCUT2D eigenvalue weighted by atomic mass is 16.5. The molecular formula is C10H17N3O. The highest BCUT2D eigenvalue weighted by Crippen LogP contribution is 2.50. The number of rotatable bonds is 2. The lowest BCUT2D eigenvalue weighted by molar-refractivity contribution is 0.0990. The van der Waals surface area contributed by atoms with Crippen LogP contribution in [0, 0.1) is 11.8 Å². The molecule has 0 heterocycles. The summed E-state index contributed by atoms with van der Waals surface area (Å²) in [6, 6.07) is 0. The van der Waals surface area contributed by atoms with Gasteiger partial charge in [0.2, 0.25) is 0 Å². The van der Waals surface area contributed by atoms with Gasteiger partial charge in [-0.05, 0) is 43.1 Å². The molecule has 0 aliphatic heterocycles. The van der Waals surface area contributed by atoms with Gasteiger partial charge in [-0.25, -0.2) is 0 Å². The maximum atomic E-state index is 8.49. The Bertz CT molecular complexity index is 259. The third kappa shape index (κ3) is 1.60. The Morgan fingerprint density at radius 3 is 2.36 bits per heavy atom. The summed E-state index contributed by atoms with van der Waals surface area (Å²) < 4.78 is 5.37. The molecule has 0 amide bonds. The summed E-state index contributed by atoms with van der Waals surface area (Å²) in [6.45, 7) is 2.08. The monoisotopic (exact) mass is 195 g/mol. The van der Waals surface area contributed by atoms with Crippen LogP contribution in [0.25, 0.3) is 10.4 Å². The first-order valence-electron chi connectivity index (χ1n) is 5.26. The first kappa shape index (κ1) is 9.81. The zero-order chi connectivity index (χ0) is 10.2. The van der Waals surface area contributed by atoms with E-state index in [0.29, 0.717) is 6.10 Å². The Morgan fingerprint density at radius 1 is 1.36 bits per heavy atom. The molecule has 0 aromatic heterocycles. The smallest absolute Gasteiger partial charge is 0.0576 e. The van der Waals surface area contributed by atoms with Crippen LogP contribution >= 0.6 is 0 Å². The number of azide groups is 1. The Kier molecular flexibility index (Phi) is 2.41. The molecule has 14 heavy (non-hydrogen) atoms. The number of nitrogens with zero attached hydrogens (tertiary/aromatic N) is 3. The van der Waals surface area contributed by atoms with Crippen LogP contribution in [0.5, 0.6) is 0 Å². The maximum Gasteiger partial charge on any atom is 0.0576 e. The zero-order valence-corrected chi connectivity index (χ0v) is 8.81. The zero-order valence-electron chi connectivity index (χ0n) is 8.81. The first-order chi connectivity index (χ1) is 6.67. The fraction of sp³-hybridized carbons (Fsp3) is 1.00. The van der Waals surface area contributed by atoms with Gasteiger partial charge in [-0.2, -0.15) is 0 Å². The molecule has 0 radical (unpaired) electrons. The van der Waals surface area contributed by atoms with E-state index in [1.807, 2.05) is 0 Å². The number of fused-ring (bicyclic) bond motifs is 1. The predicted octanol–water partition coefficient (Wildman–Crippen LogP) is 2.89. The van der Waals surface area contributed by atoms with Crippen molar-refractivity contribution in [3.63, 3.8) is 0 Å². The summed E-state index contributed by atoms with van der Waals surface area (Å²) >= 11 is 0. The van der Waals surface area contributed by atoms with Crippen LogP contribution in [-0.4, -0.2) is 18.8 Å². The topological polar surface area (TPSA) is 58.0 Å². The summed E-state index contributed by atoms with van der Waals surface area (Å²) in [5.41, 5.74) is 8.36. The van der Waals surface area contributed by atoms with Crippen LogP contribution in [0.2, 0.25) is 0 Å². The van der Waals surface area contributed by atoms with E-state index >= 15 is 0 Å². The molecule has 2 aliphatic rings. The summed E-state index contributed by atoms with van der Waals surface area (Å²) in [4.78, 5) is 2.95. The highest BCUT2D eigenvalue weighted by Gasteiger charge is 2.46. The number of hydrogen-bond acceptors (Lipinski definition) is 2. The maximum absolute atomic E-state index is 8.49. The molecule has 78 valence electrons. The minimum absolute atomic E-state index is 0.122. The van der Waals surface area contributed by atoms with Crippen LogP contribution in [0.3, 0.4) is 0 Å². The fourth-order valence-corrected chi connectivity index (χ4v) is 3.25. The van der Waals surface area contributed by atoms with Crippen molar-refractivity contribution in [3.8, 4) is 0 Å². The van der Waals surface area contributed by atoms with Gasteiger partial charge in [0.1, 0.15) is 0 Å². The third-order valence-electron chi connectivity index (χ3n) is 3.82. The number of methoxy groups -OCH3 is 1. The van der Waals surface area contributed by atoms with E-state index in [-0.39, 0.29) is 5.54 Å². The summed E-state index contributed by atoms with van der Waals surface area (Å²) in [6.07, 6.45) is 4.83. The largest absolute Gasteiger partial charge is 0.381 e. The van der Waals surface area contributed by atoms with Gasteiger partial charge in [0.15, 0.2) is 0 Å². The van der Waals surface area contributed by atoms with Crippen molar-refractivity contribution in [1.29, 1.82) is 0 Å². The minimum Gasteiger partial charge on any atom is -0.381 e. The summed E-state index contributed by atoms with van der Waals surface area (Å²) in [5, 5.41) is 3.93. The second-order valence-corrected chi connectivity index (χ2v) is 4.94. The highest BCUT2D eigenvalue weighted by molar-refractivity contribution is 5.02. The van der Waals surface area contributed by atoms with Gasteiger partial charge < -0.3 is 4.74 Å². The van der Waals surface area contributed by atoms with Gasteiger partial charge in [-0.1, -0.05) is 12.0 Å². The van der Waals surface area contributed by atoms with E-state index in [1.165, 1.54) is 0 Å². The molecule has 4 nitrogen and oxygen atoms in total. The van der Waals surface area contributed by atoms with Crippen molar-refractivity contribution < 1.29 is 4.74 Å². The lowest BCUT2D eigenvalue weighted by Gasteiger charge is -2.19. The molecule has 2 rings (SSSR count). The third-order valence-corrected chi connectivity index (χ3v) is 3.82. The molecular weight excluding hydrogens is 178 g/mol. The van der Waals surface area contributed by atoms with Gasteiger partial charge in [-0.3, -0.25) is 0 Å². The van der Waals surface area contributed by atoms with Gasteiger partial charge in [0.25, 0.3) is 0 Å². The Hall–Kier alpha value is -0.730. The molecule has 0 aromatic carbocycles. The summed E-state index contributed by atoms with van der Waals surface area (Å²) in [5.74, 6) is 1.44. The van der Waals surface area contributed by atoms with Crippen molar-refractivity contribution in [1.82, 2.24) is 0 Å². The van der Waals surface area contributed by atoms with Crippen molar-refractivity contribution >= 4 is 0 Å². The molecule has 4 heteroatoms. The molecule has 2 aliphatic carbocycles. The fourth-order valence-electron chi connectivity index (χ4n) is 3.25. The average Bonchev–Trinajstić information content (AvgIpc) is 2.59. The molecule has 0 spiro atoms. The average molecular weight is 195 g/mol. The molecule has 0 bridgehead atoms. The normalized spacial score (nSPS) is 46.0. The van der Waals surface area contributed by atoms with Crippen LogP contribution in [0.1, 0.15) is 32.6 Å². The number of hydrogen-bond donors (Lipinski definition) is 0. The SMILES string of the molecule is COC1C[C@@H]2CC(C)(N=[N+]=[N-])C[C@@H]2C1. The molecule has 0 N–H and O–H groups in total. The molecule has 2 saturated carbocycles. The second-order valence-electron chi connectivity index (χ2n) is 4.94. The Morgan fingerprint density at radius 2 is 1.93 bits per heavy atom. The van der Waals surface area contributed by atoms with Crippen molar-refractivity contribution in [2.24, 2.45) is 17.0 Å². The van der Waals surface area contributed by atoms with E-state index in [2.05, 4.69) is 16.9 Å². The van der Waals surface area contributed by atoms with E-state index in [0.717, 1.165) is 37.5 Å². The van der Waals surface area contributed by atoms with Crippen molar-refractivity contribution in [2.75, 3.05) is 7.11 Å². The lowest BCUT2D eigenvalue weighted by Crippen LogP contribution is -2.19. The van der Waals surface area contributed by atoms with Crippen LogP contribution in [-0.2, 0) is 4.74 Å². The van der Waals surface area contributed by atoms with E-state index < -0.39 is 0 Å². The molecule has 2 fully saturated rings. The minimum atomic E-state index is -0.122. The Labute approximate surface area is 84.3 Å². The van der Waals surface area contributed by atoms with Crippen LogP contribution < -0.4 is 0 Å². The second kappa shape index (κ2) is 3.44. The molecule has 2 unspecified atom stereocenters. The molecule has 4 atom stereocenters. The quantitative estimate of drug-likeness (QED) is 0.379. The van der Waals surface area contributed by atoms with Gasteiger partial charge in [0, 0.05) is 17.6 Å². The van der Waals surface area contributed by atoms with Crippen LogP contribution in [0.4, 0.5) is 0 Å². The van der Waals surface area contributed by atoms with E-state index in [9.17, 15) is 0 Å². The molecule has 0 saturated heterocycles.